The van der Waals surface area contributed by atoms with Gasteiger partial charge in [-0.05, 0) is 51.4 Å². The normalized spacial score (nSPS) is 13.6. The highest BCUT2D eigenvalue weighted by Crippen LogP contribution is 2.17. The molecule has 59 heavy (non-hydrogen) atoms. The van der Waals surface area contributed by atoms with Gasteiger partial charge < -0.3 is 20.3 Å². The van der Waals surface area contributed by atoms with Gasteiger partial charge in [0.15, 0.2) is 0 Å². The molecule has 0 aliphatic rings. The molecule has 3 atom stereocenters. The van der Waals surface area contributed by atoms with E-state index in [2.05, 4.69) is 68.6 Å². The molecule has 0 saturated carbocycles. The van der Waals surface area contributed by atoms with Crippen LogP contribution in [0.2, 0.25) is 0 Å². The van der Waals surface area contributed by atoms with E-state index in [0.29, 0.717) is 19.3 Å². The van der Waals surface area contributed by atoms with E-state index in [-0.39, 0.29) is 24.9 Å². The largest absolute Gasteiger partial charge is 0.462 e. The van der Waals surface area contributed by atoms with Crippen LogP contribution in [0.4, 0.5) is 0 Å². The molecule has 0 bridgehead atoms. The van der Waals surface area contributed by atoms with Crippen LogP contribution in [0.3, 0.4) is 0 Å². The Labute approximate surface area is 366 Å². The third-order valence-electron chi connectivity index (χ3n) is 11.5. The van der Waals surface area contributed by atoms with Crippen LogP contribution < -0.4 is 5.32 Å². The number of allylic oxidation sites excluding steroid dienone is 8. The fourth-order valence-electron chi connectivity index (χ4n) is 7.62. The van der Waals surface area contributed by atoms with Crippen molar-refractivity contribution in [2.75, 3.05) is 6.61 Å². The number of hydrogen-bond acceptors (Lipinski definition) is 5. The molecule has 0 aromatic rings. The van der Waals surface area contributed by atoms with Crippen LogP contribution in [0.5, 0.6) is 0 Å². The molecule has 3 unspecified atom stereocenters. The average Bonchev–Trinajstić information content (AvgIpc) is 3.23. The van der Waals surface area contributed by atoms with Crippen molar-refractivity contribution in [2.45, 2.75) is 270 Å². The van der Waals surface area contributed by atoms with Crippen LogP contribution in [0.1, 0.15) is 252 Å². The molecule has 0 saturated heterocycles. The minimum absolute atomic E-state index is 0.0536. The maximum atomic E-state index is 13.2. The fourth-order valence-corrected chi connectivity index (χ4v) is 7.62. The number of hydrogen-bond donors (Lipinski definition) is 3. The molecule has 3 N–H and O–H groups in total. The van der Waals surface area contributed by atoms with E-state index < -0.39 is 18.2 Å². The quantitative estimate of drug-likeness (QED) is 0.0323. The first kappa shape index (κ1) is 56.8. The van der Waals surface area contributed by atoms with Crippen LogP contribution in [0, 0.1) is 0 Å². The van der Waals surface area contributed by atoms with Gasteiger partial charge in [0, 0.05) is 6.42 Å². The van der Waals surface area contributed by atoms with E-state index in [1.807, 2.05) is 6.08 Å². The molecule has 6 nitrogen and oxygen atoms in total. The fraction of sp³-hybridized carbons (Fsp3) is 0.811. The summed E-state index contributed by atoms with van der Waals surface area (Å²) >= 11 is 0. The molecule has 0 rings (SSSR count). The predicted octanol–water partition coefficient (Wildman–Crippen LogP) is 15.1. The third-order valence-corrected chi connectivity index (χ3v) is 11.5. The maximum absolute atomic E-state index is 13.2. The van der Waals surface area contributed by atoms with Crippen molar-refractivity contribution in [1.82, 2.24) is 5.32 Å². The van der Waals surface area contributed by atoms with Gasteiger partial charge in [-0.1, -0.05) is 236 Å². The number of unbranched alkanes of at least 4 members (excludes halogenated alkanes) is 28. The minimum Gasteiger partial charge on any atom is -0.462 e. The molecule has 0 radical (unpaired) electrons. The molecule has 1 amide bonds. The number of ether oxygens (including phenoxy) is 1. The number of esters is 1. The molecule has 344 valence electrons. The van der Waals surface area contributed by atoms with Crippen LogP contribution in [0.25, 0.3) is 0 Å². The van der Waals surface area contributed by atoms with E-state index in [9.17, 15) is 19.8 Å². The number of carbonyl (C=O) groups excluding carboxylic acids is 2. The van der Waals surface area contributed by atoms with Crippen LogP contribution in [-0.2, 0) is 14.3 Å². The zero-order valence-corrected chi connectivity index (χ0v) is 39.1. The Morgan fingerprint density at radius 1 is 0.492 bits per heavy atom. The van der Waals surface area contributed by atoms with Gasteiger partial charge in [-0.2, -0.15) is 0 Å². The van der Waals surface area contributed by atoms with Crippen LogP contribution in [-0.4, -0.2) is 46.9 Å². The Balaban J connectivity index is 4.64. The van der Waals surface area contributed by atoms with Gasteiger partial charge in [0.25, 0.3) is 0 Å². The molecular weight excluding hydrogens is 731 g/mol. The number of aliphatic hydroxyl groups excluding tert-OH is 2. The Hall–Kier alpha value is -2.18. The lowest BCUT2D eigenvalue weighted by Gasteiger charge is -2.24. The van der Waals surface area contributed by atoms with Crippen LogP contribution >= 0.6 is 0 Å². The van der Waals surface area contributed by atoms with Crippen molar-refractivity contribution in [3.63, 3.8) is 0 Å². The maximum Gasteiger partial charge on any atom is 0.306 e. The summed E-state index contributed by atoms with van der Waals surface area (Å²) in [5, 5.41) is 23.7. The number of aliphatic hydroxyl groups is 2. The van der Waals surface area contributed by atoms with E-state index in [1.165, 1.54) is 135 Å². The summed E-state index contributed by atoms with van der Waals surface area (Å²) in [6, 6.07) is -0.712. The summed E-state index contributed by atoms with van der Waals surface area (Å²) in [6.07, 6.45) is 55.9. The second-order valence-electron chi connectivity index (χ2n) is 17.3. The Kier molecular flexibility index (Phi) is 45.1. The Morgan fingerprint density at radius 3 is 1.34 bits per heavy atom. The number of amides is 1. The molecule has 0 aliphatic carbocycles. The summed E-state index contributed by atoms with van der Waals surface area (Å²) in [5.41, 5.74) is 0. The number of nitrogens with one attached hydrogen (secondary N) is 1. The average molecular weight is 828 g/mol. The molecule has 0 aromatic carbocycles. The molecule has 0 heterocycles. The highest BCUT2D eigenvalue weighted by atomic mass is 16.5. The van der Waals surface area contributed by atoms with Crippen molar-refractivity contribution >= 4 is 11.9 Å². The van der Waals surface area contributed by atoms with Gasteiger partial charge in [-0.25, -0.2) is 0 Å². The lowest BCUT2D eigenvalue weighted by Crippen LogP contribution is -2.46. The monoisotopic (exact) mass is 828 g/mol. The van der Waals surface area contributed by atoms with Crippen molar-refractivity contribution < 1.29 is 24.5 Å². The standard InChI is InChI=1S/C53H97NO5/c1-4-7-10-13-16-19-22-24-26-27-28-30-32-35-38-41-44-49(59-53(58)46-43-40-37-34-21-18-15-12-9-6-3)47-52(57)54-50(48-55)51(56)45-42-39-36-33-31-29-25-23-20-17-14-11-8-5-2/h16,19,22,24,26-28,30,49-51,55-56H,4-15,17-18,20-21,23,25,29,31-48H2,1-3H3,(H,54,57)/b19-16+,24-22+,27-26+,30-28+. The van der Waals surface area contributed by atoms with Gasteiger partial charge in [-0.15, -0.1) is 0 Å². The van der Waals surface area contributed by atoms with E-state index >= 15 is 0 Å². The molecule has 6 heteroatoms. The van der Waals surface area contributed by atoms with E-state index in [4.69, 9.17) is 4.74 Å². The summed E-state index contributed by atoms with van der Waals surface area (Å²) in [7, 11) is 0. The minimum atomic E-state index is -0.797. The van der Waals surface area contributed by atoms with E-state index in [1.54, 1.807) is 0 Å². The van der Waals surface area contributed by atoms with Gasteiger partial charge in [0.05, 0.1) is 25.2 Å². The molecular formula is C53H97NO5. The van der Waals surface area contributed by atoms with Gasteiger partial charge >= 0.3 is 5.97 Å². The van der Waals surface area contributed by atoms with Gasteiger partial charge in [0.1, 0.15) is 6.10 Å². The van der Waals surface area contributed by atoms with Crippen molar-refractivity contribution in [3.05, 3.63) is 48.6 Å². The number of rotatable bonds is 45. The highest BCUT2D eigenvalue weighted by molar-refractivity contribution is 5.77. The number of carbonyl (C=O) groups is 2. The molecule has 0 fully saturated rings. The Bertz CT molecular complexity index is 1020. The summed E-state index contributed by atoms with van der Waals surface area (Å²) in [4.78, 5) is 26.1. The summed E-state index contributed by atoms with van der Waals surface area (Å²) in [6.45, 7) is 6.43. The first-order valence-corrected chi connectivity index (χ1v) is 25.4. The van der Waals surface area contributed by atoms with Gasteiger partial charge in [0.2, 0.25) is 5.91 Å². The topological polar surface area (TPSA) is 95.9 Å². The second-order valence-corrected chi connectivity index (χ2v) is 17.3. The molecule has 0 spiro atoms. The lowest BCUT2D eigenvalue weighted by atomic mass is 10.0. The highest BCUT2D eigenvalue weighted by Gasteiger charge is 2.24. The van der Waals surface area contributed by atoms with Crippen LogP contribution in [0.15, 0.2) is 48.6 Å². The second kappa shape index (κ2) is 46.9. The zero-order valence-electron chi connectivity index (χ0n) is 39.1. The Morgan fingerprint density at radius 2 is 0.864 bits per heavy atom. The van der Waals surface area contributed by atoms with Crippen molar-refractivity contribution in [1.29, 1.82) is 0 Å². The first-order valence-electron chi connectivity index (χ1n) is 25.4. The lowest BCUT2D eigenvalue weighted by molar-refractivity contribution is -0.151. The summed E-state index contributed by atoms with van der Waals surface area (Å²) < 4.78 is 5.90. The van der Waals surface area contributed by atoms with Crippen molar-refractivity contribution in [2.24, 2.45) is 0 Å². The SMILES string of the molecule is CCCCC/C=C/C=C/C=C/C=C/CCCCCC(CC(=O)NC(CO)C(O)CCCCCCCCCCCCCCCC)OC(=O)CCCCCCCCCCCC. The molecule has 0 aromatic heterocycles. The van der Waals surface area contributed by atoms with Crippen molar-refractivity contribution in [3.8, 4) is 0 Å². The van der Waals surface area contributed by atoms with Gasteiger partial charge in [-0.3, -0.25) is 9.59 Å². The smallest absolute Gasteiger partial charge is 0.306 e. The van der Waals surface area contributed by atoms with E-state index in [0.717, 1.165) is 70.6 Å². The molecule has 0 aliphatic heterocycles. The first-order chi connectivity index (χ1) is 29.0. The summed E-state index contributed by atoms with van der Waals surface area (Å²) in [5.74, 6) is -0.508. The predicted molar refractivity (Wildman–Crippen MR) is 255 cm³/mol. The zero-order chi connectivity index (χ0) is 43.1. The third kappa shape index (κ3) is 42.3.